The molecule has 3 amide bonds. The van der Waals surface area contributed by atoms with Crippen LogP contribution in [0.2, 0.25) is 0 Å². The second-order valence-electron chi connectivity index (χ2n) is 5.95. The van der Waals surface area contributed by atoms with Crippen molar-refractivity contribution < 1.29 is 19.1 Å². The number of ether oxygens (including phenoxy) is 1. The van der Waals surface area contributed by atoms with Crippen LogP contribution in [0.3, 0.4) is 0 Å². The molecule has 124 valence electrons. The van der Waals surface area contributed by atoms with Crippen LogP contribution >= 0.6 is 0 Å². The first-order valence-corrected chi connectivity index (χ1v) is 7.20. The molecule has 0 bridgehead atoms. The Morgan fingerprint density at radius 2 is 1.78 bits per heavy atom. The van der Waals surface area contributed by atoms with E-state index in [4.69, 9.17) is 4.74 Å². The van der Waals surface area contributed by atoms with Crippen molar-refractivity contribution in [3.05, 3.63) is 48.0 Å². The molecule has 0 atom stereocenters. The summed E-state index contributed by atoms with van der Waals surface area (Å²) in [5.41, 5.74) is 1.42. The van der Waals surface area contributed by atoms with Crippen LogP contribution in [0.25, 0.3) is 0 Å². The number of hydrogen-bond donors (Lipinski definition) is 2. The van der Waals surface area contributed by atoms with Gasteiger partial charge in [-0.1, -0.05) is 39.0 Å². The van der Waals surface area contributed by atoms with E-state index >= 15 is 0 Å². The van der Waals surface area contributed by atoms with Crippen LogP contribution in [-0.4, -0.2) is 31.1 Å². The maximum atomic E-state index is 11.9. The third-order valence-electron chi connectivity index (χ3n) is 2.98. The smallest absolute Gasteiger partial charge is 0.338 e. The molecule has 6 nitrogen and oxygen atoms in total. The highest BCUT2D eigenvalue weighted by Crippen LogP contribution is 2.22. The number of amides is 3. The topological polar surface area (TPSA) is 84.5 Å². The number of carbonyl (C=O) groups excluding carboxylic acids is 3. The summed E-state index contributed by atoms with van der Waals surface area (Å²) in [4.78, 5) is 34.5. The molecule has 0 aromatic heterocycles. The van der Waals surface area contributed by atoms with Crippen LogP contribution in [0.5, 0.6) is 0 Å². The molecular weight excluding hydrogens is 296 g/mol. The Kier molecular flexibility index (Phi) is 6.50. The number of rotatable bonds is 5. The van der Waals surface area contributed by atoms with Crippen molar-refractivity contribution >= 4 is 17.9 Å². The van der Waals surface area contributed by atoms with Gasteiger partial charge in [0.05, 0.1) is 5.56 Å². The molecule has 6 heteroatoms. The molecule has 1 rings (SSSR count). The van der Waals surface area contributed by atoms with Crippen LogP contribution in [0.4, 0.5) is 4.79 Å². The molecule has 1 aromatic rings. The lowest BCUT2D eigenvalue weighted by atomic mass is 9.87. The molecule has 0 spiro atoms. The first kappa shape index (κ1) is 18.4. The lowest BCUT2D eigenvalue weighted by molar-refractivity contribution is -0.123. The molecule has 0 fully saturated rings. The van der Waals surface area contributed by atoms with Crippen LogP contribution in [0, 0.1) is 0 Å². The molecule has 0 saturated heterocycles. The average Bonchev–Trinajstić information content (AvgIpc) is 2.49. The van der Waals surface area contributed by atoms with Gasteiger partial charge in [-0.05, 0) is 23.1 Å². The number of nitrogens with one attached hydrogen (secondary N) is 2. The van der Waals surface area contributed by atoms with Crippen molar-refractivity contribution in [2.45, 2.75) is 26.2 Å². The highest BCUT2D eigenvalue weighted by atomic mass is 16.5. The standard InChI is InChI=1S/C17H22N2O4/c1-5-10-18-16(22)19-14(20)11-23-15(21)12-6-8-13(9-7-12)17(2,3)4/h5-9H,1,10-11H2,2-4H3,(H2,18,19,20,22). The van der Waals surface area contributed by atoms with E-state index in [1.807, 2.05) is 17.4 Å². The van der Waals surface area contributed by atoms with Gasteiger partial charge >= 0.3 is 12.0 Å². The first-order valence-electron chi connectivity index (χ1n) is 7.20. The van der Waals surface area contributed by atoms with E-state index in [9.17, 15) is 14.4 Å². The van der Waals surface area contributed by atoms with Gasteiger partial charge in [0.1, 0.15) is 0 Å². The summed E-state index contributed by atoms with van der Waals surface area (Å²) < 4.78 is 4.87. The van der Waals surface area contributed by atoms with Crippen molar-refractivity contribution in [2.24, 2.45) is 0 Å². The second-order valence-corrected chi connectivity index (χ2v) is 5.95. The third kappa shape index (κ3) is 6.34. The van der Waals surface area contributed by atoms with Gasteiger partial charge < -0.3 is 10.1 Å². The summed E-state index contributed by atoms with van der Waals surface area (Å²) in [6.45, 7) is 9.35. The fourth-order valence-electron chi connectivity index (χ4n) is 1.69. The molecular formula is C17H22N2O4. The molecule has 0 aliphatic rings. The van der Waals surface area contributed by atoms with E-state index in [-0.39, 0.29) is 12.0 Å². The Labute approximate surface area is 135 Å². The third-order valence-corrected chi connectivity index (χ3v) is 2.98. The monoisotopic (exact) mass is 318 g/mol. The minimum atomic E-state index is -0.703. The molecule has 2 N–H and O–H groups in total. The number of carbonyl (C=O) groups is 3. The summed E-state index contributed by atoms with van der Waals surface area (Å²) in [5.74, 6) is -1.32. The van der Waals surface area contributed by atoms with Crippen molar-refractivity contribution in [3.8, 4) is 0 Å². The molecule has 0 saturated carbocycles. The van der Waals surface area contributed by atoms with Crippen LogP contribution in [0.1, 0.15) is 36.7 Å². The summed E-state index contributed by atoms with van der Waals surface area (Å²) in [7, 11) is 0. The summed E-state index contributed by atoms with van der Waals surface area (Å²) in [6, 6.07) is 6.33. The van der Waals surface area contributed by atoms with Crippen molar-refractivity contribution in [3.63, 3.8) is 0 Å². The molecule has 23 heavy (non-hydrogen) atoms. The Balaban J connectivity index is 2.49. The summed E-state index contributed by atoms with van der Waals surface area (Å²) in [5, 5.41) is 4.41. The van der Waals surface area contributed by atoms with Gasteiger partial charge in [0, 0.05) is 6.54 Å². The number of esters is 1. The number of urea groups is 1. The Morgan fingerprint density at radius 3 is 2.30 bits per heavy atom. The minimum Gasteiger partial charge on any atom is -0.452 e. The van der Waals surface area contributed by atoms with Crippen LogP contribution < -0.4 is 10.6 Å². The quantitative estimate of drug-likeness (QED) is 0.643. The minimum absolute atomic E-state index is 0.0128. The first-order chi connectivity index (χ1) is 10.7. The van der Waals surface area contributed by atoms with E-state index in [0.717, 1.165) is 5.56 Å². The molecule has 0 heterocycles. The van der Waals surface area contributed by atoms with E-state index < -0.39 is 24.5 Å². The van der Waals surface area contributed by atoms with E-state index in [0.29, 0.717) is 5.56 Å². The SMILES string of the molecule is C=CCNC(=O)NC(=O)COC(=O)c1ccc(C(C)(C)C)cc1. The molecule has 0 radical (unpaired) electrons. The second kappa shape index (κ2) is 8.12. The van der Waals surface area contributed by atoms with Crippen molar-refractivity contribution in [2.75, 3.05) is 13.2 Å². The molecule has 0 unspecified atom stereocenters. The lowest BCUT2D eigenvalue weighted by Gasteiger charge is -2.18. The normalized spacial score (nSPS) is 10.6. The van der Waals surface area contributed by atoms with E-state index in [1.165, 1.54) is 6.08 Å². The largest absolute Gasteiger partial charge is 0.452 e. The molecule has 0 aliphatic heterocycles. The van der Waals surface area contributed by atoms with Gasteiger partial charge in [-0.2, -0.15) is 0 Å². The maximum absolute atomic E-state index is 11.9. The zero-order chi connectivity index (χ0) is 17.5. The fourth-order valence-corrected chi connectivity index (χ4v) is 1.69. The Bertz CT molecular complexity index is 586. The lowest BCUT2D eigenvalue weighted by Crippen LogP contribution is -2.41. The van der Waals surface area contributed by atoms with Gasteiger partial charge in [-0.15, -0.1) is 6.58 Å². The highest BCUT2D eigenvalue weighted by molar-refractivity contribution is 5.97. The molecule has 0 aliphatic carbocycles. The van der Waals surface area contributed by atoms with Crippen LogP contribution in [0.15, 0.2) is 36.9 Å². The van der Waals surface area contributed by atoms with Gasteiger partial charge in [0.25, 0.3) is 5.91 Å². The Hall–Kier alpha value is -2.63. The van der Waals surface area contributed by atoms with Crippen molar-refractivity contribution in [1.82, 2.24) is 10.6 Å². The number of imide groups is 1. The average molecular weight is 318 g/mol. The van der Waals surface area contributed by atoms with Gasteiger partial charge in [0.15, 0.2) is 6.61 Å². The van der Waals surface area contributed by atoms with Crippen molar-refractivity contribution in [1.29, 1.82) is 0 Å². The number of benzene rings is 1. The summed E-state index contributed by atoms with van der Waals surface area (Å²) in [6.07, 6.45) is 1.48. The van der Waals surface area contributed by atoms with Gasteiger partial charge in [0.2, 0.25) is 0 Å². The zero-order valence-electron chi connectivity index (χ0n) is 13.6. The van der Waals surface area contributed by atoms with E-state index in [1.54, 1.807) is 12.1 Å². The predicted octanol–water partition coefficient (Wildman–Crippen LogP) is 2.15. The maximum Gasteiger partial charge on any atom is 0.338 e. The van der Waals surface area contributed by atoms with Crippen LogP contribution in [-0.2, 0) is 14.9 Å². The van der Waals surface area contributed by atoms with Gasteiger partial charge in [-0.3, -0.25) is 10.1 Å². The molecule has 1 aromatic carbocycles. The Morgan fingerprint density at radius 1 is 1.17 bits per heavy atom. The predicted molar refractivity (Wildman–Crippen MR) is 87.2 cm³/mol. The van der Waals surface area contributed by atoms with Gasteiger partial charge in [-0.25, -0.2) is 9.59 Å². The van der Waals surface area contributed by atoms with E-state index in [2.05, 4.69) is 32.7 Å². The zero-order valence-corrected chi connectivity index (χ0v) is 13.6. The fraction of sp³-hybridized carbons (Fsp3) is 0.353. The summed E-state index contributed by atoms with van der Waals surface area (Å²) >= 11 is 0. The number of hydrogen-bond acceptors (Lipinski definition) is 4. The highest BCUT2D eigenvalue weighted by Gasteiger charge is 2.15.